The van der Waals surface area contributed by atoms with Crippen LogP contribution in [0.3, 0.4) is 0 Å². The number of methoxy groups -OCH3 is 1. The van der Waals surface area contributed by atoms with Crippen molar-refractivity contribution in [3.63, 3.8) is 0 Å². The van der Waals surface area contributed by atoms with Crippen molar-refractivity contribution >= 4 is 0 Å². The molecule has 0 bridgehead atoms. The second kappa shape index (κ2) is 6.52. The van der Waals surface area contributed by atoms with E-state index in [1.165, 1.54) is 0 Å². The number of benzene rings is 1. The molecule has 20 heavy (non-hydrogen) atoms. The minimum Gasteiger partial charge on any atom is -0.497 e. The zero-order chi connectivity index (χ0) is 14.5. The highest BCUT2D eigenvalue weighted by atomic mass is 16.5. The van der Waals surface area contributed by atoms with Crippen molar-refractivity contribution in [2.24, 2.45) is 11.7 Å². The van der Waals surface area contributed by atoms with Gasteiger partial charge in [0, 0.05) is 6.42 Å². The van der Waals surface area contributed by atoms with Gasteiger partial charge in [-0.1, -0.05) is 31.1 Å². The summed E-state index contributed by atoms with van der Waals surface area (Å²) >= 11 is 0. The minimum atomic E-state index is -0.188. The highest BCUT2D eigenvalue weighted by molar-refractivity contribution is 5.28. The fourth-order valence-electron chi connectivity index (χ4n) is 2.02. The van der Waals surface area contributed by atoms with Crippen LogP contribution in [0, 0.1) is 5.92 Å². The Hall–Kier alpha value is -1.88. The van der Waals surface area contributed by atoms with Crippen LogP contribution in [-0.2, 0) is 6.42 Å². The van der Waals surface area contributed by atoms with Crippen molar-refractivity contribution in [2.75, 3.05) is 7.11 Å². The lowest BCUT2D eigenvalue weighted by Crippen LogP contribution is -2.13. The average Bonchev–Trinajstić information content (AvgIpc) is 2.87. The lowest BCUT2D eigenvalue weighted by molar-refractivity contribution is 0.333. The zero-order valence-corrected chi connectivity index (χ0v) is 12.2. The Balaban J connectivity index is 2.01. The van der Waals surface area contributed by atoms with Gasteiger partial charge in [0.1, 0.15) is 5.75 Å². The Morgan fingerprint density at radius 1 is 1.25 bits per heavy atom. The van der Waals surface area contributed by atoms with Crippen LogP contribution in [0.25, 0.3) is 0 Å². The van der Waals surface area contributed by atoms with E-state index in [1.807, 2.05) is 24.3 Å². The highest BCUT2D eigenvalue weighted by Crippen LogP contribution is 2.18. The monoisotopic (exact) mass is 275 g/mol. The molecule has 108 valence electrons. The van der Waals surface area contributed by atoms with Crippen LogP contribution in [0.2, 0.25) is 0 Å². The molecule has 0 saturated carbocycles. The third-order valence-electron chi connectivity index (χ3n) is 3.05. The predicted octanol–water partition coefficient (Wildman–Crippen LogP) is 2.71. The van der Waals surface area contributed by atoms with E-state index in [-0.39, 0.29) is 6.04 Å². The number of rotatable bonds is 6. The molecule has 0 fully saturated rings. The lowest BCUT2D eigenvalue weighted by atomic mass is 10.0. The Bertz CT molecular complexity index is 534. The summed E-state index contributed by atoms with van der Waals surface area (Å²) in [7, 11) is 1.65. The molecule has 0 radical (unpaired) electrons. The van der Waals surface area contributed by atoms with Gasteiger partial charge in [-0.2, -0.15) is 4.98 Å². The molecule has 0 aliphatic rings. The molecular weight excluding hydrogens is 254 g/mol. The quantitative estimate of drug-likeness (QED) is 0.877. The fourth-order valence-corrected chi connectivity index (χ4v) is 2.02. The largest absolute Gasteiger partial charge is 0.497 e. The maximum atomic E-state index is 6.03. The average molecular weight is 275 g/mol. The van der Waals surface area contributed by atoms with E-state index in [9.17, 15) is 0 Å². The first kappa shape index (κ1) is 14.5. The van der Waals surface area contributed by atoms with Crippen LogP contribution < -0.4 is 10.5 Å². The standard InChI is InChI=1S/C15H21N3O2/c1-10(2)8-13(16)15-17-14(18-20-15)9-11-4-6-12(19-3)7-5-11/h4-7,10,13H,8-9,16H2,1-3H3/t13-/m0/s1. The molecular formula is C15H21N3O2. The maximum Gasteiger partial charge on any atom is 0.243 e. The van der Waals surface area contributed by atoms with Gasteiger partial charge in [0.25, 0.3) is 0 Å². The van der Waals surface area contributed by atoms with Crippen LogP contribution >= 0.6 is 0 Å². The first-order valence-corrected chi connectivity index (χ1v) is 6.79. The van der Waals surface area contributed by atoms with E-state index in [2.05, 4.69) is 24.0 Å². The van der Waals surface area contributed by atoms with Crippen LogP contribution in [0.15, 0.2) is 28.8 Å². The second-order valence-corrected chi connectivity index (χ2v) is 5.31. The molecule has 0 aliphatic heterocycles. The highest BCUT2D eigenvalue weighted by Gasteiger charge is 2.16. The first-order valence-electron chi connectivity index (χ1n) is 6.79. The van der Waals surface area contributed by atoms with Gasteiger partial charge in [-0.05, 0) is 30.0 Å². The van der Waals surface area contributed by atoms with E-state index in [1.54, 1.807) is 7.11 Å². The van der Waals surface area contributed by atoms with E-state index in [4.69, 9.17) is 15.0 Å². The van der Waals surface area contributed by atoms with Gasteiger partial charge in [-0.25, -0.2) is 0 Å². The number of ether oxygens (including phenoxy) is 1. The Kier molecular flexibility index (Phi) is 4.74. The molecule has 2 aromatic rings. The Morgan fingerprint density at radius 3 is 2.55 bits per heavy atom. The van der Waals surface area contributed by atoms with E-state index >= 15 is 0 Å². The molecule has 1 heterocycles. The van der Waals surface area contributed by atoms with Gasteiger partial charge in [0.05, 0.1) is 13.2 Å². The van der Waals surface area contributed by atoms with Crippen molar-refractivity contribution in [2.45, 2.75) is 32.7 Å². The van der Waals surface area contributed by atoms with E-state index in [0.717, 1.165) is 17.7 Å². The summed E-state index contributed by atoms with van der Waals surface area (Å²) < 4.78 is 10.4. The summed E-state index contributed by atoms with van der Waals surface area (Å²) in [4.78, 5) is 4.37. The molecule has 2 N–H and O–H groups in total. The fraction of sp³-hybridized carbons (Fsp3) is 0.467. The molecule has 0 aliphatic carbocycles. The number of hydrogen-bond donors (Lipinski definition) is 1. The summed E-state index contributed by atoms with van der Waals surface area (Å²) in [5.74, 6) is 2.51. The molecule has 1 atom stereocenters. The number of nitrogens with two attached hydrogens (primary N) is 1. The third-order valence-corrected chi connectivity index (χ3v) is 3.05. The van der Waals surface area contributed by atoms with Gasteiger partial charge in [-0.3, -0.25) is 0 Å². The maximum absolute atomic E-state index is 6.03. The predicted molar refractivity (Wildman–Crippen MR) is 76.5 cm³/mol. The summed E-state index contributed by atoms with van der Waals surface area (Å²) in [6.45, 7) is 4.24. The normalized spacial score (nSPS) is 12.7. The van der Waals surface area contributed by atoms with Gasteiger partial charge >= 0.3 is 0 Å². The van der Waals surface area contributed by atoms with Gasteiger partial charge in [-0.15, -0.1) is 0 Å². The Labute approximate surface area is 119 Å². The van der Waals surface area contributed by atoms with E-state index < -0.39 is 0 Å². The minimum absolute atomic E-state index is 0.188. The first-order chi connectivity index (χ1) is 9.58. The smallest absolute Gasteiger partial charge is 0.243 e. The van der Waals surface area contributed by atoms with Crippen LogP contribution in [0.1, 0.15) is 43.6 Å². The summed E-state index contributed by atoms with van der Waals surface area (Å²) in [5.41, 5.74) is 7.13. The second-order valence-electron chi connectivity index (χ2n) is 5.31. The van der Waals surface area contributed by atoms with Gasteiger partial charge < -0.3 is 15.0 Å². The number of aromatic nitrogens is 2. The number of hydrogen-bond acceptors (Lipinski definition) is 5. The van der Waals surface area contributed by atoms with Crippen molar-refractivity contribution < 1.29 is 9.26 Å². The summed E-state index contributed by atoms with van der Waals surface area (Å²) in [6, 6.07) is 7.63. The molecule has 2 rings (SSSR count). The van der Waals surface area contributed by atoms with Crippen molar-refractivity contribution in [1.29, 1.82) is 0 Å². The van der Waals surface area contributed by atoms with Crippen LogP contribution in [0.4, 0.5) is 0 Å². The summed E-state index contributed by atoms with van der Waals surface area (Å²) in [6.07, 6.45) is 1.46. The number of nitrogens with zero attached hydrogens (tertiary/aromatic N) is 2. The van der Waals surface area contributed by atoms with Gasteiger partial charge in [0.2, 0.25) is 5.89 Å². The van der Waals surface area contributed by atoms with Crippen molar-refractivity contribution in [3.05, 3.63) is 41.5 Å². The van der Waals surface area contributed by atoms with Crippen LogP contribution in [0.5, 0.6) is 5.75 Å². The third kappa shape index (κ3) is 3.81. The SMILES string of the molecule is COc1ccc(Cc2noc([C@@H](N)CC(C)C)n2)cc1. The molecule has 0 saturated heterocycles. The Morgan fingerprint density at radius 2 is 1.95 bits per heavy atom. The van der Waals surface area contributed by atoms with Crippen molar-refractivity contribution in [1.82, 2.24) is 10.1 Å². The molecule has 5 nitrogen and oxygen atoms in total. The molecule has 1 aromatic heterocycles. The zero-order valence-electron chi connectivity index (χ0n) is 12.2. The van der Waals surface area contributed by atoms with Crippen LogP contribution in [-0.4, -0.2) is 17.3 Å². The summed E-state index contributed by atoms with van der Waals surface area (Å²) in [5, 5.41) is 3.99. The van der Waals surface area contributed by atoms with Crippen molar-refractivity contribution in [3.8, 4) is 5.75 Å². The molecule has 0 unspecified atom stereocenters. The molecule has 0 amide bonds. The lowest BCUT2D eigenvalue weighted by Gasteiger charge is -2.08. The molecule has 5 heteroatoms. The topological polar surface area (TPSA) is 74.2 Å². The van der Waals surface area contributed by atoms with Gasteiger partial charge in [0.15, 0.2) is 5.82 Å². The molecule has 1 aromatic carbocycles. The van der Waals surface area contributed by atoms with E-state index in [0.29, 0.717) is 24.1 Å². The molecule has 0 spiro atoms.